The van der Waals surface area contributed by atoms with Crippen molar-refractivity contribution in [2.45, 2.75) is 64.6 Å². The minimum atomic E-state index is 0.0241. The van der Waals surface area contributed by atoms with Crippen LogP contribution < -0.4 is 5.73 Å². The van der Waals surface area contributed by atoms with Crippen LogP contribution in [0.2, 0.25) is 0 Å². The first-order valence-corrected chi connectivity index (χ1v) is 10.2. The Balaban J connectivity index is 1.38. The number of nitrogens with zero attached hydrogens (tertiary/aromatic N) is 3. The number of morpholine rings is 1. The number of carbonyl (C=O) groups excluding carboxylic acids is 1. The number of aromatic nitrogens is 2. The normalized spacial score (nSPS) is 34.7. The van der Waals surface area contributed by atoms with Crippen molar-refractivity contribution >= 4 is 5.91 Å². The Labute approximate surface area is 156 Å². The van der Waals surface area contributed by atoms with Gasteiger partial charge in [0.15, 0.2) is 0 Å². The number of amides is 1. The first-order valence-electron chi connectivity index (χ1n) is 10.2. The Hall–Kier alpha value is -1.40. The maximum absolute atomic E-state index is 13.2. The van der Waals surface area contributed by atoms with Crippen molar-refractivity contribution in [1.29, 1.82) is 0 Å². The van der Waals surface area contributed by atoms with Gasteiger partial charge in [-0.05, 0) is 57.4 Å². The molecule has 2 saturated carbocycles. The first-order chi connectivity index (χ1) is 12.5. The lowest BCUT2D eigenvalue weighted by molar-refractivity contribution is -0.146. The topological polar surface area (TPSA) is 73.4 Å². The van der Waals surface area contributed by atoms with Crippen molar-refractivity contribution in [3.05, 3.63) is 17.5 Å². The molecule has 26 heavy (non-hydrogen) atoms. The lowest BCUT2D eigenvalue weighted by atomic mass is 9.65. The fourth-order valence-corrected chi connectivity index (χ4v) is 5.33. The molecule has 3 unspecified atom stereocenters. The van der Waals surface area contributed by atoms with Gasteiger partial charge in [-0.1, -0.05) is 6.42 Å². The second-order valence-corrected chi connectivity index (χ2v) is 8.58. The Morgan fingerprint density at radius 3 is 2.69 bits per heavy atom. The molecule has 6 nitrogen and oxygen atoms in total. The molecule has 2 aliphatic carbocycles. The number of carbonyl (C=O) groups is 1. The number of nitrogens with two attached hydrogens (primary N) is 1. The number of aryl methyl sites for hydroxylation is 2. The number of ether oxygens (including phenoxy) is 1. The Morgan fingerprint density at radius 1 is 1.31 bits per heavy atom. The number of fused-ring (bicyclic) bond motifs is 2. The summed E-state index contributed by atoms with van der Waals surface area (Å²) in [6.07, 6.45) is 5.67. The molecule has 1 aliphatic heterocycles. The van der Waals surface area contributed by atoms with E-state index in [1.54, 1.807) is 0 Å². The summed E-state index contributed by atoms with van der Waals surface area (Å²) in [5.74, 6) is 1.58. The summed E-state index contributed by atoms with van der Waals surface area (Å²) in [7, 11) is 0. The third kappa shape index (κ3) is 3.54. The third-order valence-electron chi connectivity index (χ3n) is 6.69. The Kier molecular flexibility index (Phi) is 5.06. The molecule has 144 valence electrons. The zero-order chi connectivity index (χ0) is 18.3. The van der Waals surface area contributed by atoms with Gasteiger partial charge in [0, 0.05) is 30.7 Å². The van der Waals surface area contributed by atoms with Crippen LogP contribution in [0.25, 0.3) is 0 Å². The monoisotopic (exact) mass is 360 g/mol. The van der Waals surface area contributed by atoms with Gasteiger partial charge in [-0.3, -0.25) is 9.48 Å². The van der Waals surface area contributed by atoms with Crippen molar-refractivity contribution in [2.24, 2.45) is 23.5 Å². The van der Waals surface area contributed by atoms with Crippen LogP contribution in [0.4, 0.5) is 0 Å². The van der Waals surface area contributed by atoms with Crippen molar-refractivity contribution in [1.82, 2.24) is 14.7 Å². The van der Waals surface area contributed by atoms with Gasteiger partial charge in [0.05, 0.1) is 24.9 Å². The summed E-state index contributed by atoms with van der Waals surface area (Å²) >= 11 is 0. The number of rotatable bonds is 3. The minimum Gasteiger partial charge on any atom is -0.373 e. The van der Waals surface area contributed by atoms with Crippen LogP contribution in [0.1, 0.15) is 43.5 Å². The molecule has 3 atom stereocenters. The van der Waals surface area contributed by atoms with E-state index in [4.69, 9.17) is 10.5 Å². The second-order valence-electron chi connectivity index (χ2n) is 8.58. The van der Waals surface area contributed by atoms with Gasteiger partial charge in [0.25, 0.3) is 0 Å². The average molecular weight is 361 g/mol. The quantitative estimate of drug-likeness (QED) is 0.893. The third-order valence-corrected chi connectivity index (χ3v) is 6.69. The van der Waals surface area contributed by atoms with Gasteiger partial charge in [-0.2, -0.15) is 5.10 Å². The van der Waals surface area contributed by atoms with E-state index in [0.717, 1.165) is 24.2 Å². The van der Waals surface area contributed by atoms with Crippen LogP contribution in [0, 0.1) is 31.6 Å². The summed E-state index contributed by atoms with van der Waals surface area (Å²) in [5, 5.41) is 4.53. The molecular weight excluding hydrogens is 328 g/mol. The minimum absolute atomic E-state index is 0.0241. The van der Waals surface area contributed by atoms with Crippen LogP contribution in [-0.2, 0) is 16.1 Å². The van der Waals surface area contributed by atoms with Crippen LogP contribution in [-0.4, -0.2) is 52.4 Å². The van der Waals surface area contributed by atoms with Crippen molar-refractivity contribution in [3.63, 3.8) is 0 Å². The highest BCUT2D eigenvalue weighted by atomic mass is 16.5. The lowest BCUT2D eigenvalue weighted by Gasteiger charge is -2.45. The largest absolute Gasteiger partial charge is 0.373 e. The van der Waals surface area contributed by atoms with Crippen LogP contribution in [0.5, 0.6) is 0 Å². The molecule has 2 bridgehead atoms. The number of hydrogen-bond acceptors (Lipinski definition) is 4. The standard InChI is InChI=1S/C20H32N4O2/c1-13-8-14(2)24(22-13)12-18-11-23(6-7-26-18)20(25)17-9-15-4-3-5-16(10-17)19(15)21/h8,15-19H,3-7,9-12,21H2,1-2H3. The summed E-state index contributed by atoms with van der Waals surface area (Å²) < 4.78 is 7.93. The summed E-state index contributed by atoms with van der Waals surface area (Å²) in [6.45, 7) is 6.79. The maximum Gasteiger partial charge on any atom is 0.225 e. The summed E-state index contributed by atoms with van der Waals surface area (Å²) in [4.78, 5) is 15.2. The smallest absolute Gasteiger partial charge is 0.225 e. The van der Waals surface area contributed by atoms with Crippen molar-refractivity contribution in [3.8, 4) is 0 Å². The fraction of sp³-hybridized carbons (Fsp3) is 0.800. The molecule has 0 aromatic carbocycles. The molecule has 6 heteroatoms. The van der Waals surface area contributed by atoms with E-state index in [1.807, 2.05) is 16.5 Å². The predicted molar refractivity (Wildman–Crippen MR) is 99.6 cm³/mol. The molecule has 1 saturated heterocycles. The zero-order valence-corrected chi connectivity index (χ0v) is 16.1. The maximum atomic E-state index is 13.2. The van der Waals surface area contributed by atoms with Crippen LogP contribution in [0.3, 0.4) is 0 Å². The van der Waals surface area contributed by atoms with Crippen molar-refractivity contribution < 1.29 is 9.53 Å². The van der Waals surface area contributed by atoms with E-state index >= 15 is 0 Å². The highest BCUT2D eigenvalue weighted by molar-refractivity contribution is 5.79. The number of hydrogen-bond donors (Lipinski definition) is 1. The predicted octanol–water partition coefficient (Wildman–Crippen LogP) is 1.88. The average Bonchev–Trinajstić information content (AvgIpc) is 2.91. The highest BCUT2D eigenvalue weighted by Gasteiger charge is 2.42. The molecule has 2 N–H and O–H groups in total. The zero-order valence-electron chi connectivity index (χ0n) is 16.1. The fourth-order valence-electron chi connectivity index (χ4n) is 5.33. The molecule has 3 fully saturated rings. The molecule has 1 aromatic heterocycles. The first kappa shape index (κ1) is 18.0. The van der Waals surface area contributed by atoms with E-state index < -0.39 is 0 Å². The van der Waals surface area contributed by atoms with Crippen LogP contribution >= 0.6 is 0 Å². The molecule has 3 aliphatic rings. The molecule has 1 amide bonds. The van der Waals surface area contributed by atoms with E-state index in [1.165, 1.54) is 19.3 Å². The molecular formula is C20H32N4O2. The Morgan fingerprint density at radius 2 is 2.04 bits per heavy atom. The van der Waals surface area contributed by atoms with Gasteiger partial charge in [0.1, 0.15) is 0 Å². The van der Waals surface area contributed by atoms with E-state index in [2.05, 4.69) is 18.1 Å². The molecule has 0 spiro atoms. The van der Waals surface area contributed by atoms with Gasteiger partial charge in [0.2, 0.25) is 5.91 Å². The summed E-state index contributed by atoms with van der Waals surface area (Å²) in [6, 6.07) is 2.40. The van der Waals surface area contributed by atoms with Gasteiger partial charge < -0.3 is 15.4 Å². The Bertz CT molecular complexity index is 644. The van der Waals surface area contributed by atoms with E-state index in [9.17, 15) is 4.79 Å². The molecule has 0 radical (unpaired) electrons. The van der Waals surface area contributed by atoms with E-state index in [0.29, 0.717) is 50.0 Å². The van der Waals surface area contributed by atoms with Gasteiger partial charge in [-0.25, -0.2) is 0 Å². The summed E-state index contributed by atoms with van der Waals surface area (Å²) in [5.41, 5.74) is 8.56. The van der Waals surface area contributed by atoms with Crippen LogP contribution in [0.15, 0.2) is 6.07 Å². The van der Waals surface area contributed by atoms with Gasteiger partial charge >= 0.3 is 0 Å². The molecule has 4 rings (SSSR count). The van der Waals surface area contributed by atoms with E-state index in [-0.39, 0.29) is 12.0 Å². The SMILES string of the molecule is Cc1cc(C)n(CC2CN(C(=O)C3CC4CCCC(C3)C4N)CCO2)n1. The molecule has 2 heterocycles. The van der Waals surface area contributed by atoms with Gasteiger partial charge in [-0.15, -0.1) is 0 Å². The second kappa shape index (κ2) is 7.31. The molecule has 1 aromatic rings. The highest BCUT2D eigenvalue weighted by Crippen LogP contribution is 2.42. The van der Waals surface area contributed by atoms with Crippen molar-refractivity contribution in [2.75, 3.05) is 19.7 Å². The lowest BCUT2D eigenvalue weighted by Crippen LogP contribution is -2.53.